The average Bonchev–Trinajstić information content (AvgIpc) is 2.91. The topological polar surface area (TPSA) is 48.4 Å². The zero-order valence-corrected chi connectivity index (χ0v) is 12.6. The van der Waals surface area contributed by atoms with Crippen LogP contribution in [0.5, 0.6) is 11.5 Å². The first-order valence-electron chi connectivity index (χ1n) is 7.17. The van der Waals surface area contributed by atoms with Gasteiger partial charge in [-0.3, -0.25) is 9.78 Å². The number of carbonyl (C=O) groups is 1. The van der Waals surface area contributed by atoms with Crippen LogP contribution in [0, 0.1) is 0 Å². The van der Waals surface area contributed by atoms with Gasteiger partial charge in [-0.2, -0.15) is 0 Å². The van der Waals surface area contributed by atoms with Crippen LogP contribution in [0.3, 0.4) is 0 Å². The fourth-order valence-electron chi connectivity index (χ4n) is 2.53. The quantitative estimate of drug-likeness (QED) is 0.641. The Hall–Kier alpha value is -2.62. The van der Waals surface area contributed by atoms with Crippen LogP contribution < -0.4 is 9.47 Å². The van der Waals surface area contributed by atoms with Crippen molar-refractivity contribution >= 4 is 11.9 Å². The van der Waals surface area contributed by atoms with E-state index in [2.05, 4.69) is 4.98 Å². The Kier molecular flexibility index (Phi) is 3.92. The smallest absolute Gasteiger partial charge is 0.187 e. The maximum absolute atomic E-state index is 12.1. The largest absolute Gasteiger partial charge is 0.496 e. The van der Waals surface area contributed by atoms with E-state index in [4.69, 9.17) is 9.47 Å². The summed E-state index contributed by atoms with van der Waals surface area (Å²) in [7, 11) is 1.63. The van der Waals surface area contributed by atoms with Gasteiger partial charge in [0.25, 0.3) is 0 Å². The van der Waals surface area contributed by atoms with E-state index in [0.717, 1.165) is 29.0 Å². The van der Waals surface area contributed by atoms with Crippen molar-refractivity contribution < 1.29 is 14.3 Å². The Morgan fingerprint density at radius 2 is 2.32 bits per heavy atom. The number of hydrogen-bond donors (Lipinski definition) is 0. The van der Waals surface area contributed by atoms with Crippen LogP contribution in [0.15, 0.2) is 42.7 Å². The second-order valence-corrected chi connectivity index (χ2v) is 5.27. The fraction of sp³-hybridized carbons (Fsp3) is 0.222. The van der Waals surface area contributed by atoms with E-state index in [-0.39, 0.29) is 11.9 Å². The highest BCUT2D eigenvalue weighted by molar-refractivity contribution is 6.06. The molecule has 0 N–H and O–H groups in total. The number of nitrogens with zero attached hydrogens (tertiary/aromatic N) is 1. The third-order valence-corrected chi connectivity index (χ3v) is 3.61. The predicted molar refractivity (Wildman–Crippen MR) is 84.4 cm³/mol. The molecular formula is C18H17NO3. The van der Waals surface area contributed by atoms with Gasteiger partial charge < -0.3 is 9.47 Å². The van der Waals surface area contributed by atoms with E-state index >= 15 is 0 Å². The lowest BCUT2D eigenvalue weighted by molar-refractivity contribution is 0.104. The Balaban J connectivity index is 1.87. The molecule has 0 amide bonds. The highest BCUT2D eigenvalue weighted by atomic mass is 16.5. The monoisotopic (exact) mass is 295 g/mol. The molecule has 1 aliphatic rings. The summed E-state index contributed by atoms with van der Waals surface area (Å²) in [4.78, 5) is 16.1. The predicted octanol–water partition coefficient (Wildman–Crippen LogP) is 3.31. The lowest BCUT2D eigenvalue weighted by Crippen LogP contribution is -2.05. The summed E-state index contributed by atoms with van der Waals surface area (Å²) in [6.45, 7) is 2.04. The number of benzene rings is 1. The van der Waals surface area contributed by atoms with Crippen molar-refractivity contribution in [2.75, 3.05) is 7.11 Å². The maximum atomic E-state index is 12.1. The van der Waals surface area contributed by atoms with E-state index < -0.39 is 0 Å². The van der Waals surface area contributed by atoms with Gasteiger partial charge in [0.1, 0.15) is 17.6 Å². The molecular weight excluding hydrogens is 278 g/mol. The molecule has 1 aliphatic heterocycles. The highest BCUT2D eigenvalue weighted by Gasteiger charge is 2.21. The number of carbonyl (C=O) groups excluding carboxylic acids is 1. The van der Waals surface area contributed by atoms with E-state index in [1.54, 1.807) is 37.7 Å². The summed E-state index contributed by atoms with van der Waals surface area (Å²) in [6.07, 6.45) is 7.53. The summed E-state index contributed by atoms with van der Waals surface area (Å²) >= 11 is 0. The van der Waals surface area contributed by atoms with Crippen molar-refractivity contribution in [2.45, 2.75) is 19.4 Å². The highest BCUT2D eigenvalue weighted by Crippen LogP contribution is 2.35. The van der Waals surface area contributed by atoms with Gasteiger partial charge in [-0.25, -0.2) is 0 Å². The number of ether oxygens (including phenoxy) is 2. The number of fused-ring (bicyclic) bond motifs is 1. The molecule has 0 saturated heterocycles. The number of rotatable bonds is 4. The Bertz CT molecular complexity index is 723. The molecule has 1 aromatic carbocycles. The van der Waals surface area contributed by atoms with Gasteiger partial charge in [-0.15, -0.1) is 0 Å². The van der Waals surface area contributed by atoms with Crippen LogP contribution in [-0.4, -0.2) is 24.0 Å². The van der Waals surface area contributed by atoms with E-state index in [9.17, 15) is 4.79 Å². The van der Waals surface area contributed by atoms with Crippen molar-refractivity contribution in [3.63, 3.8) is 0 Å². The Morgan fingerprint density at radius 3 is 3.05 bits per heavy atom. The molecule has 0 spiro atoms. The SMILES string of the molecule is COc1cc2c(cc1C=CC(=O)c1cccnc1)OC(C)C2. The Morgan fingerprint density at radius 1 is 1.45 bits per heavy atom. The van der Waals surface area contributed by atoms with E-state index in [1.165, 1.54) is 6.08 Å². The van der Waals surface area contributed by atoms with Crippen LogP contribution in [0.25, 0.3) is 6.08 Å². The molecule has 1 atom stereocenters. The first-order valence-corrected chi connectivity index (χ1v) is 7.17. The molecule has 0 fully saturated rings. The van der Waals surface area contributed by atoms with Gasteiger partial charge in [0.15, 0.2) is 5.78 Å². The molecule has 0 aliphatic carbocycles. The first-order chi connectivity index (χ1) is 10.7. The number of methoxy groups -OCH3 is 1. The number of ketones is 1. The first kappa shape index (κ1) is 14.3. The van der Waals surface area contributed by atoms with Crippen molar-refractivity contribution in [2.24, 2.45) is 0 Å². The molecule has 2 aromatic rings. The molecule has 4 nitrogen and oxygen atoms in total. The molecule has 22 heavy (non-hydrogen) atoms. The molecule has 2 heterocycles. The van der Waals surface area contributed by atoms with Gasteiger partial charge in [-0.05, 0) is 43.3 Å². The van der Waals surface area contributed by atoms with Crippen LogP contribution in [-0.2, 0) is 6.42 Å². The summed E-state index contributed by atoms with van der Waals surface area (Å²) in [5, 5.41) is 0. The summed E-state index contributed by atoms with van der Waals surface area (Å²) in [5.74, 6) is 1.51. The molecule has 1 unspecified atom stereocenters. The summed E-state index contributed by atoms with van der Waals surface area (Å²) in [5.41, 5.74) is 2.52. The summed E-state index contributed by atoms with van der Waals surface area (Å²) in [6, 6.07) is 7.38. The third-order valence-electron chi connectivity index (χ3n) is 3.61. The number of allylic oxidation sites excluding steroid dienone is 1. The van der Waals surface area contributed by atoms with Gasteiger partial charge >= 0.3 is 0 Å². The zero-order chi connectivity index (χ0) is 15.5. The lowest BCUT2D eigenvalue weighted by Gasteiger charge is -2.08. The normalized spacial score (nSPS) is 16.4. The van der Waals surface area contributed by atoms with Gasteiger partial charge in [0.05, 0.1) is 7.11 Å². The molecule has 0 saturated carbocycles. The zero-order valence-electron chi connectivity index (χ0n) is 12.6. The maximum Gasteiger partial charge on any atom is 0.187 e. The van der Waals surface area contributed by atoms with Crippen molar-refractivity contribution in [1.29, 1.82) is 0 Å². The lowest BCUT2D eigenvalue weighted by atomic mass is 10.1. The number of hydrogen-bond acceptors (Lipinski definition) is 4. The van der Waals surface area contributed by atoms with E-state index in [0.29, 0.717) is 5.56 Å². The number of aromatic nitrogens is 1. The molecule has 4 heteroatoms. The number of pyridine rings is 1. The molecule has 3 rings (SSSR count). The Labute approximate surface area is 129 Å². The van der Waals surface area contributed by atoms with Crippen LogP contribution in [0.1, 0.15) is 28.4 Å². The van der Waals surface area contributed by atoms with Gasteiger partial charge in [0, 0.05) is 35.5 Å². The van der Waals surface area contributed by atoms with Crippen molar-refractivity contribution in [3.8, 4) is 11.5 Å². The minimum atomic E-state index is -0.0927. The van der Waals surface area contributed by atoms with Crippen LogP contribution in [0.4, 0.5) is 0 Å². The average molecular weight is 295 g/mol. The second-order valence-electron chi connectivity index (χ2n) is 5.27. The van der Waals surface area contributed by atoms with Crippen molar-refractivity contribution in [3.05, 3.63) is 59.4 Å². The molecule has 0 radical (unpaired) electrons. The van der Waals surface area contributed by atoms with Gasteiger partial charge in [0.2, 0.25) is 0 Å². The van der Waals surface area contributed by atoms with Crippen molar-refractivity contribution in [1.82, 2.24) is 4.98 Å². The standard InChI is InChI=1S/C18H17NO3/c1-12-8-15-10-17(21-2)13(9-18(15)22-12)5-6-16(20)14-4-3-7-19-11-14/h3-7,9-12H,8H2,1-2H3. The summed E-state index contributed by atoms with van der Waals surface area (Å²) < 4.78 is 11.2. The molecule has 0 bridgehead atoms. The molecule has 112 valence electrons. The molecule has 1 aromatic heterocycles. The minimum Gasteiger partial charge on any atom is -0.496 e. The van der Waals surface area contributed by atoms with Gasteiger partial charge in [-0.1, -0.05) is 0 Å². The second kappa shape index (κ2) is 6.02. The third kappa shape index (κ3) is 2.86. The van der Waals surface area contributed by atoms with E-state index in [1.807, 2.05) is 19.1 Å². The van der Waals surface area contributed by atoms with Crippen LogP contribution >= 0.6 is 0 Å². The fourth-order valence-corrected chi connectivity index (χ4v) is 2.53. The minimum absolute atomic E-state index is 0.0927. The van der Waals surface area contributed by atoms with Crippen LogP contribution in [0.2, 0.25) is 0 Å².